The summed E-state index contributed by atoms with van der Waals surface area (Å²) in [7, 11) is 0. The lowest BCUT2D eigenvalue weighted by Crippen LogP contribution is -2.42. The van der Waals surface area contributed by atoms with Crippen LogP contribution in [0.2, 0.25) is 0 Å². The van der Waals surface area contributed by atoms with Crippen LogP contribution in [0.25, 0.3) is 0 Å². The smallest absolute Gasteiger partial charge is 0.221 e. The first-order valence-corrected chi connectivity index (χ1v) is 7.42. The van der Waals surface area contributed by atoms with E-state index < -0.39 is 0 Å². The van der Waals surface area contributed by atoms with Gasteiger partial charge in [0.25, 0.3) is 0 Å². The van der Waals surface area contributed by atoms with Gasteiger partial charge in [0, 0.05) is 30.9 Å². The van der Waals surface area contributed by atoms with Crippen molar-refractivity contribution in [2.75, 3.05) is 18.4 Å². The zero-order chi connectivity index (χ0) is 14.5. The van der Waals surface area contributed by atoms with E-state index in [4.69, 9.17) is 5.73 Å². The van der Waals surface area contributed by atoms with E-state index in [1.165, 1.54) is 12.8 Å². The Kier molecular flexibility index (Phi) is 5.01. The van der Waals surface area contributed by atoms with Crippen LogP contribution in [0.1, 0.15) is 32.3 Å². The van der Waals surface area contributed by atoms with Crippen LogP contribution >= 0.6 is 0 Å². The highest BCUT2D eigenvalue weighted by Crippen LogP contribution is 2.18. The van der Waals surface area contributed by atoms with Gasteiger partial charge in [-0.15, -0.1) is 0 Å². The highest BCUT2D eigenvalue weighted by molar-refractivity contribution is 5.76. The molecule has 0 radical (unpaired) electrons. The molecular weight excluding hydrogens is 250 g/mol. The predicted octanol–water partition coefficient (Wildman–Crippen LogP) is 2.00. The molecular formula is C16H25N3O. The lowest BCUT2D eigenvalue weighted by molar-refractivity contribution is -0.117. The number of amides is 1. The van der Waals surface area contributed by atoms with Gasteiger partial charge in [-0.3, -0.25) is 4.79 Å². The number of carbonyl (C=O) groups is 1. The Morgan fingerprint density at radius 3 is 2.40 bits per heavy atom. The summed E-state index contributed by atoms with van der Waals surface area (Å²) in [5.41, 5.74) is 7.29. The third-order valence-corrected chi connectivity index (χ3v) is 3.96. The Bertz CT molecular complexity index is 434. The molecule has 0 saturated carbocycles. The predicted molar refractivity (Wildman–Crippen MR) is 82.7 cm³/mol. The lowest BCUT2D eigenvalue weighted by atomic mass is 10.0. The summed E-state index contributed by atoms with van der Waals surface area (Å²) in [5.74, 6) is -0.285. The number of nitrogens with zero attached hydrogens (tertiary/aromatic N) is 1. The molecule has 0 atom stereocenters. The number of hydrogen-bond donors (Lipinski definition) is 2. The van der Waals surface area contributed by atoms with E-state index in [9.17, 15) is 4.79 Å². The molecule has 1 aliphatic heterocycles. The SMILES string of the molecule is CC(C)N1CCC(Nc2ccc(CC(N)=O)cc2)CC1. The summed E-state index contributed by atoms with van der Waals surface area (Å²) >= 11 is 0. The van der Waals surface area contributed by atoms with Crippen LogP contribution in [0, 0.1) is 0 Å². The normalized spacial score (nSPS) is 17.4. The fourth-order valence-corrected chi connectivity index (χ4v) is 2.72. The van der Waals surface area contributed by atoms with E-state index in [1.54, 1.807) is 0 Å². The largest absolute Gasteiger partial charge is 0.382 e. The monoisotopic (exact) mass is 275 g/mol. The van der Waals surface area contributed by atoms with Gasteiger partial charge < -0.3 is 16.0 Å². The van der Waals surface area contributed by atoms with Crippen LogP contribution in [-0.2, 0) is 11.2 Å². The first-order valence-electron chi connectivity index (χ1n) is 7.42. The maximum atomic E-state index is 10.9. The minimum Gasteiger partial charge on any atom is -0.382 e. The van der Waals surface area contributed by atoms with Gasteiger partial charge in [-0.2, -0.15) is 0 Å². The maximum absolute atomic E-state index is 10.9. The van der Waals surface area contributed by atoms with Crippen molar-refractivity contribution in [3.8, 4) is 0 Å². The molecule has 4 heteroatoms. The van der Waals surface area contributed by atoms with Gasteiger partial charge in [0.1, 0.15) is 0 Å². The van der Waals surface area contributed by atoms with Crippen molar-refractivity contribution in [1.29, 1.82) is 0 Å². The van der Waals surface area contributed by atoms with Gasteiger partial charge in [-0.05, 0) is 44.4 Å². The number of anilines is 1. The number of likely N-dealkylation sites (tertiary alicyclic amines) is 1. The first-order chi connectivity index (χ1) is 9.54. The van der Waals surface area contributed by atoms with Gasteiger partial charge in [-0.1, -0.05) is 12.1 Å². The second-order valence-corrected chi connectivity index (χ2v) is 5.89. The Morgan fingerprint density at radius 2 is 1.90 bits per heavy atom. The summed E-state index contributed by atoms with van der Waals surface area (Å²) < 4.78 is 0. The van der Waals surface area contributed by atoms with Gasteiger partial charge in [0.2, 0.25) is 5.91 Å². The molecule has 4 nitrogen and oxygen atoms in total. The standard InChI is InChI=1S/C16H25N3O/c1-12(2)19-9-7-15(8-10-19)18-14-5-3-13(4-6-14)11-16(17)20/h3-6,12,15,18H,7-11H2,1-2H3,(H2,17,20). The zero-order valence-electron chi connectivity index (χ0n) is 12.4. The summed E-state index contributed by atoms with van der Waals surface area (Å²) in [4.78, 5) is 13.4. The minimum atomic E-state index is -0.285. The molecule has 2 rings (SSSR count). The zero-order valence-corrected chi connectivity index (χ0v) is 12.4. The van der Waals surface area contributed by atoms with Crippen LogP contribution in [0.3, 0.4) is 0 Å². The van der Waals surface area contributed by atoms with E-state index >= 15 is 0 Å². The van der Waals surface area contributed by atoms with Crippen molar-refractivity contribution in [3.05, 3.63) is 29.8 Å². The molecule has 1 saturated heterocycles. The number of hydrogen-bond acceptors (Lipinski definition) is 3. The Morgan fingerprint density at radius 1 is 1.30 bits per heavy atom. The molecule has 3 N–H and O–H groups in total. The third-order valence-electron chi connectivity index (χ3n) is 3.96. The number of benzene rings is 1. The summed E-state index contributed by atoms with van der Waals surface area (Å²) in [6.07, 6.45) is 2.68. The first kappa shape index (κ1) is 14.9. The van der Waals surface area contributed by atoms with Gasteiger partial charge in [-0.25, -0.2) is 0 Å². The fraction of sp³-hybridized carbons (Fsp3) is 0.562. The second-order valence-electron chi connectivity index (χ2n) is 5.89. The Hall–Kier alpha value is -1.55. The van der Waals surface area contributed by atoms with Gasteiger partial charge >= 0.3 is 0 Å². The maximum Gasteiger partial charge on any atom is 0.221 e. The average Bonchev–Trinajstić information content (AvgIpc) is 2.41. The van der Waals surface area contributed by atoms with Crippen LogP contribution in [-0.4, -0.2) is 36.0 Å². The molecule has 1 aromatic carbocycles. The van der Waals surface area contributed by atoms with Gasteiger partial charge in [0.05, 0.1) is 6.42 Å². The summed E-state index contributed by atoms with van der Waals surface area (Å²) in [6.45, 7) is 6.83. The van der Waals surface area contributed by atoms with Crippen molar-refractivity contribution in [1.82, 2.24) is 4.90 Å². The molecule has 0 bridgehead atoms. The van der Waals surface area contributed by atoms with Crippen LogP contribution < -0.4 is 11.1 Å². The van der Waals surface area contributed by atoms with Gasteiger partial charge in [0.15, 0.2) is 0 Å². The third kappa shape index (κ3) is 4.23. The van der Waals surface area contributed by atoms with E-state index in [0.29, 0.717) is 18.5 Å². The highest BCUT2D eigenvalue weighted by atomic mass is 16.1. The lowest BCUT2D eigenvalue weighted by Gasteiger charge is -2.35. The molecule has 110 valence electrons. The molecule has 1 amide bonds. The second kappa shape index (κ2) is 6.75. The van der Waals surface area contributed by atoms with Crippen LogP contribution in [0.15, 0.2) is 24.3 Å². The van der Waals surface area contributed by atoms with Crippen molar-refractivity contribution in [3.63, 3.8) is 0 Å². The van der Waals surface area contributed by atoms with E-state index in [0.717, 1.165) is 24.3 Å². The number of rotatable bonds is 5. The number of nitrogens with two attached hydrogens (primary N) is 1. The molecule has 1 fully saturated rings. The fourth-order valence-electron chi connectivity index (χ4n) is 2.72. The molecule has 0 aromatic heterocycles. The summed E-state index contributed by atoms with van der Waals surface area (Å²) in [6, 6.07) is 9.20. The summed E-state index contributed by atoms with van der Waals surface area (Å²) in [5, 5.41) is 3.58. The van der Waals surface area contributed by atoms with Crippen molar-refractivity contribution >= 4 is 11.6 Å². The molecule has 0 spiro atoms. The van der Waals surface area contributed by atoms with E-state index in [2.05, 4.69) is 24.1 Å². The molecule has 0 aliphatic carbocycles. The van der Waals surface area contributed by atoms with Crippen molar-refractivity contribution in [2.24, 2.45) is 5.73 Å². The highest BCUT2D eigenvalue weighted by Gasteiger charge is 2.20. The minimum absolute atomic E-state index is 0.285. The molecule has 0 unspecified atom stereocenters. The number of piperidine rings is 1. The number of nitrogens with one attached hydrogen (secondary N) is 1. The van der Waals surface area contributed by atoms with E-state index in [-0.39, 0.29) is 5.91 Å². The average molecular weight is 275 g/mol. The topological polar surface area (TPSA) is 58.4 Å². The molecule has 1 heterocycles. The van der Waals surface area contributed by atoms with Crippen molar-refractivity contribution < 1.29 is 4.79 Å². The van der Waals surface area contributed by atoms with Crippen LogP contribution in [0.4, 0.5) is 5.69 Å². The molecule has 1 aliphatic rings. The molecule has 1 aromatic rings. The van der Waals surface area contributed by atoms with Crippen LogP contribution in [0.5, 0.6) is 0 Å². The number of primary amides is 1. The van der Waals surface area contributed by atoms with Crippen molar-refractivity contribution in [2.45, 2.75) is 45.2 Å². The Labute approximate surface area is 121 Å². The molecule has 20 heavy (non-hydrogen) atoms. The quantitative estimate of drug-likeness (QED) is 0.864. The van der Waals surface area contributed by atoms with E-state index in [1.807, 2.05) is 24.3 Å². The Balaban J connectivity index is 1.83. The number of carbonyl (C=O) groups excluding carboxylic acids is 1.